The fourth-order valence-electron chi connectivity index (χ4n) is 2.53. The first-order valence-corrected chi connectivity index (χ1v) is 9.22. The lowest BCUT2D eigenvalue weighted by atomic mass is 9.95. The van der Waals surface area contributed by atoms with Crippen molar-refractivity contribution < 1.29 is 13.9 Å². The largest absolute Gasteiger partial charge is 0.422 e. The molecule has 1 unspecified atom stereocenters. The molecule has 0 aromatic heterocycles. The molecule has 0 amide bonds. The summed E-state index contributed by atoms with van der Waals surface area (Å²) < 4.78 is 17.8. The Morgan fingerprint density at radius 1 is 1.30 bits per heavy atom. The first kappa shape index (κ1) is 15.6. The topological polar surface area (TPSA) is 55.4 Å². The van der Waals surface area contributed by atoms with Gasteiger partial charge in [-0.3, -0.25) is 4.79 Å². The second-order valence-corrected chi connectivity index (χ2v) is 8.04. The van der Waals surface area contributed by atoms with Gasteiger partial charge in [0.1, 0.15) is 11.5 Å². The average Bonchev–Trinajstić information content (AvgIpc) is 2.81. The van der Waals surface area contributed by atoms with Crippen molar-refractivity contribution in [2.24, 2.45) is 0 Å². The lowest BCUT2D eigenvalue weighted by Gasteiger charge is -2.29. The van der Waals surface area contributed by atoms with Gasteiger partial charge >= 0.3 is 6.87 Å². The number of benzene rings is 1. The molecule has 0 heterocycles. The number of aryl methyl sites for hydroxylation is 1. The summed E-state index contributed by atoms with van der Waals surface area (Å²) in [6.07, 6.45) is 3.15. The Kier molecular flexibility index (Phi) is 4.58. The lowest BCUT2D eigenvalue weighted by Crippen LogP contribution is -2.46. The monoisotopic (exact) mass is 315 g/mol. The van der Waals surface area contributed by atoms with E-state index in [0.717, 1.165) is 18.4 Å². The summed E-state index contributed by atoms with van der Waals surface area (Å²) in [5, 5.41) is 2.78. The minimum Gasteiger partial charge on any atom is -0.422 e. The highest BCUT2D eigenvalue weighted by molar-refractivity contribution is 7.84. The van der Waals surface area contributed by atoms with Gasteiger partial charge in [-0.2, -0.15) is 0 Å². The molecule has 1 saturated carbocycles. The number of Topliss-reactive ketones (excluding diaryl/α,β-unsaturated/α-hetero) is 1. The van der Waals surface area contributed by atoms with E-state index in [-0.39, 0.29) is 5.78 Å². The molecule has 0 saturated heterocycles. The molecule has 2 rings (SSSR count). The smallest absolute Gasteiger partial charge is 0.410 e. The number of hydrogen-bond donors (Lipinski definition) is 1. The van der Waals surface area contributed by atoms with Gasteiger partial charge in [0.15, 0.2) is 0 Å². The quantitative estimate of drug-likeness (QED) is 0.827. The van der Waals surface area contributed by atoms with Crippen molar-refractivity contribution >= 4 is 23.9 Å². The van der Waals surface area contributed by atoms with Crippen LogP contribution < -0.4 is 9.61 Å². The fraction of sp³-hybridized carbons (Fsp3) is 0.500. The molecule has 1 atom stereocenters. The van der Waals surface area contributed by atoms with Crippen molar-refractivity contribution in [2.45, 2.75) is 45.1 Å². The van der Waals surface area contributed by atoms with Gasteiger partial charge in [0.25, 0.3) is 0 Å². The normalized spacial score (nSPS) is 20.4. The summed E-state index contributed by atoms with van der Waals surface area (Å²) in [7, 11) is 0. The highest BCUT2D eigenvalue weighted by Gasteiger charge is 2.44. The molecule has 0 bridgehead atoms. The maximum atomic E-state index is 12.4. The minimum atomic E-state index is -3.60. The second-order valence-electron chi connectivity index (χ2n) is 5.34. The number of rotatable bonds is 5. The van der Waals surface area contributed by atoms with Gasteiger partial charge in [-0.15, -0.1) is 0 Å². The van der Waals surface area contributed by atoms with E-state index in [2.05, 4.69) is 5.09 Å². The Morgan fingerprint density at radius 3 is 2.35 bits per heavy atom. The van der Waals surface area contributed by atoms with Crippen molar-refractivity contribution in [1.82, 2.24) is 5.09 Å². The predicted molar refractivity (Wildman–Crippen MR) is 80.3 cm³/mol. The van der Waals surface area contributed by atoms with Crippen LogP contribution in [0.5, 0.6) is 5.75 Å². The first-order valence-electron chi connectivity index (χ1n) is 6.69. The van der Waals surface area contributed by atoms with E-state index in [0.29, 0.717) is 18.6 Å². The summed E-state index contributed by atoms with van der Waals surface area (Å²) in [6.45, 7) is -0.146. The molecule has 1 N–H and O–H groups in total. The highest BCUT2D eigenvalue weighted by Crippen LogP contribution is 2.52. The average molecular weight is 316 g/mol. The van der Waals surface area contributed by atoms with E-state index in [1.54, 1.807) is 12.1 Å². The Hall–Kier alpha value is -0.830. The maximum Gasteiger partial charge on any atom is 0.410 e. The zero-order chi connectivity index (χ0) is 14.8. The van der Waals surface area contributed by atoms with E-state index < -0.39 is 12.4 Å². The van der Waals surface area contributed by atoms with Gasteiger partial charge in [0.2, 0.25) is 0 Å². The zero-order valence-corrected chi connectivity index (χ0v) is 13.3. The highest BCUT2D eigenvalue weighted by atomic mass is 35.7. The Bertz CT molecular complexity index is 538. The molecule has 0 aliphatic heterocycles. The third kappa shape index (κ3) is 3.63. The number of nitrogens with one attached hydrogen (secondary N) is 1. The van der Waals surface area contributed by atoms with Crippen molar-refractivity contribution in [3.05, 3.63) is 29.8 Å². The molecular weight excluding hydrogens is 297 g/mol. The SMILES string of the molecule is CC(=O)C1(NP(=O)(Cl)Oc2ccc(C)cc2)CCCC1. The van der Waals surface area contributed by atoms with Crippen LogP contribution in [-0.4, -0.2) is 11.3 Å². The van der Waals surface area contributed by atoms with Crippen molar-refractivity contribution in [3.63, 3.8) is 0 Å². The van der Waals surface area contributed by atoms with E-state index in [4.69, 9.17) is 15.8 Å². The molecule has 0 radical (unpaired) electrons. The number of ketones is 1. The summed E-state index contributed by atoms with van der Waals surface area (Å²) >= 11 is 5.99. The van der Waals surface area contributed by atoms with E-state index >= 15 is 0 Å². The van der Waals surface area contributed by atoms with Crippen LogP contribution in [0.3, 0.4) is 0 Å². The van der Waals surface area contributed by atoms with Gasteiger partial charge in [-0.1, -0.05) is 30.5 Å². The third-order valence-corrected chi connectivity index (χ3v) is 5.32. The zero-order valence-electron chi connectivity index (χ0n) is 11.7. The summed E-state index contributed by atoms with van der Waals surface area (Å²) in [4.78, 5) is 11.8. The van der Waals surface area contributed by atoms with Crippen LogP contribution in [0.4, 0.5) is 0 Å². The molecule has 0 spiro atoms. The van der Waals surface area contributed by atoms with Gasteiger partial charge < -0.3 is 4.52 Å². The Morgan fingerprint density at radius 2 is 1.85 bits per heavy atom. The summed E-state index contributed by atoms with van der Waals surface area (Å²) in [5.41, 5.74) is 0.271. The first-order chi connectivity index (χ1) is 9.33. The third-order valence-electron chi connectivity index (χ3n) is 3.72. The lowest BCUT2D eigenvalue weighted by molar-refractivity contribution is -0.122. The number of hydrogen-bond acceptors (Lipinski definition) is 3. The minimum absolute atomic E-state index is 0.0385. The summed E-state index contributed by atoms with van der Waals surface area (Å²) in [5.74, 6) is 0.390. The molecule has 20 heavy (non-hydrogen) atoms. The van der Waals surface area contributed by atoms with Crippen LogP contribution in [0.1, 0.15) is 38.2 Å². The van der Waals surface area contributed by atoms with Gasteiger partial charge in [0, 0.05) is 11.2 Å². The van der Waals surface area contributed by atoms with E-state index in [1.165, 1.54) is 6.92 Å². The van der Waals surface area contributed by atoms with Gasteiger partial charge in [-0.25, -0.2) is 9.65 Å². The van der Waals surface area contributed by atoms with Crippen molar-refractivity contribution in [2.75, 3.05) is 0 Å². The van der Waals surface area contributed by atoms with Crippen LogP contribution in [0.15, 0.2) is 24.3 Å². The van der Waals surface area contributed by atoms with Crippen LogP contribution in [0.25, 0.3) is 0 Å². The number of carbonyl (C=O) groups excluding carboxylic acids is 1. The molecule has 1 aliphatic carbocycles. The van der Waals surface area contributed by atoms with Crippen LogP contribution in [0, 0.1) is 6.92 Å². The number of carbonyl (C=O) groups is 1. The molecule has 4 nitrogen and oxygen atoms in total. The second kappa shape index (κ2) is 5.88. The molecule has 1 fully saturated rings. The van der Waals surface area contributed by atoms with Crippen molar-refractivity contribution in [3.8, 4) is 5.75 Å². The predicted octanol–water partition coefficient (Wildman–Crippen LogP) is 4.21. The maximum absolute atomic E-state index is 12.4. The van der Waals surface area contributed by atoms with E-state index in [1.807, 2.05) is 19.1 Å². The standard InChI is InChI=1S/C14H19ClNO3P/c1-11-5-7-13(8-6-11)19-20(15,18)16-14(12(2)17)9-3-4-10-14/h5-8H,3-4,9-10H2,1-2H3,(H,16,18). The molecule has 1 aromatic carbocycles. The molecular formula is C14H19ClNO3P. The van der Waals surface area contributed by atoms with Gasteiger partial charge in [-0.05, 0) is 38.8 Å². The van der Waals surface area contributed by atoms with Crippen LogP contribution in [0.2, 0.25) is 0 Å². The van der Waals surface area contributed by atoms with Gasteiger partial charge in [0.05, 0.1) is 5.54 Å². The molecule has 1 aliphatic rings. The number of halogens is 1. The molecule has 110 valence electrons. The fourth-order valence-corrected chi connectivity index (χ4v) is 4.59. The van der Waals surface area contributed by atoms with Crippen LogP contribution >= 0.6 is 18.1 Å². The van der Waals surface area contributed by atoms with E-state index in [9.17, 15) is 9.36 Å². The Balaban J connectivity index is 2.12. The summed E-state index contributed by atoms with van der Waals surface area (Å²) in [6, 6.07) is 7.12. The Labute approximate surface area is 124 Å². The van der Waals surface area contributed by atoms with Crippen LogP contribution in [-0.2, 0) is 9.36 Å². The molecule has 6 heteroatoms. The molecule has 1 aromatic rings. The van der Waals surface area contributed by atoms with Crippen molar-refractivity contribution in [1.29, 1.82) is 0 Å².